The van der Waals surface area contributed by atoms with E-state index in [1.54, 1.807) is 20.0 Å². The first-order valence-corrected chi connectivity index (χ1v) is 13.0. The van der Waals surface area contributed by atoms with E-state index in [9.17, 15) is 18.0 Å². The van der Waals surface area contributed by atoms with Gasteiger partial charge in [-0.05, 0) is 44.4 Å². The SMILES string of the molecule is COc1ncnc(C2CC2)c1-c1ncc2c(n1)N(Cc1ccc(-c3nc(C(F)(F)F)cn3C)c(F)c1)C(=O)OC2(C)C. The highest BCUT2D eigenvalue weighted by Gasteiger charge is 2.41. The molecule has 4 aromatic rings. The number of alkyl halides is 3. The van der Waals surface area contributed by atoms with Crippen molar-refractivity contribution in [3.8, 4) is 28.7 Å². The van der Waals surface area contributed by atoms with E-state index >= 15 is 4.39 Å². The molecule has 0 spiro atoms. The molecule has 14 heteroatoms. The topological polar surface area (TPSA) is 108 Å². The van der Waals surface area contributed by atoms with Crippen molar-refractivity contribution < 1.29 is 31.8 Å². The number of hydrogen-bond acceptors (Lipinski definition) is 8. The molecule has 10 nitrogen and oxygen atoms in total. The fourth-order valence-corrected chi connectivity index (χ4v) is 4.97. The minimum absolute atomic E-state index is 0.118. The Labute approximate surface area is 237 Å². The number of hydrogen-bond donors (Lipinski definition) is 0. The van der Waals surface area contributed by atoms with Crippen LogP contribution >= 0.6 is 0 Å². The van der Waals surface area contributed by atoms with Gasteiger partial charge in [0.15, 0.2) is 11.5 Å². The van der Waals surface area contributed by atoms with Gasteiger partial charge in [0.05, 0.1) is 30.5 Å². The average Bonchev–Trinajstić information content (AvgIpc) is 3.70. The van der Waals surface area contributed by atoms with Crippen LogP contribution in [-0.4, -0.2) is 42.7 Å². The van der Waals surface area contributed by atoms with Crippen LogP contribution in [0.5, 0.6) is 5.88 Å². The first kappa shape index (κ1) is 27.5. The van der Waals surface area contributed by atoms with Gasteiger partial charge in [0.2, 0.25) is 5.88 Å². The van der Waals surface area contributed by atoms with Crippen molar-refractivity contribution in [1.29, 1.82) is 0 Å². The molecule has 0 bridgehead atoms. The van der Waals surface area contributed by atoms with E-state index in [1.807, 2.05) is 0 Å². The molecular weight excluding hydrogens is 558 g/mol. The summed E-state index contributed by atoms with van der Waals surface area (Å²) in [4.78, 5) is 36.0. The number of aromatic nitrogens is 6. The van der Waals surface area contributed by atoms with Crippen molar-refractivity contribution in [3.05, 3.63) is 65.3 Å². The Morgan fingerprint density at radius 2 is 1.90 bits per heavy atom. The molecule has 1 fully saturated rings. The fraction of sp³-hybridized carbons (Fsp3) is 0.357. The first-order valence-electron chi connectivity index (χ1n) is 13.0. The van der Waals surface area contributed by atoms with Gasteiger partial charge in [0.1, 0.15) is 35.0 Å². The lowest BCUT2D eigenvalue weighted by Gasteiger charge is -2.37. The van der Waals surface area contributed by atoms with E-state index in [1.165, 1.54) is 37.5 Å². The van der Waals surface area contributed by atoms with E-state index < -0.39 is 29.4 Å². The van der Waals surface area contributed by atoms with Gasteiger partial charge in [-0.2, -0.15) is 13.2 Å². The summed E-state index contributed by atoms with van der Waals surface area (Å²) >= 11 is 0. The number of nitrogens with zero attached hydrogens (tertiary/aromatic N) is 7. The third-order valence-corrected chi connectivity index (χ3v) is 7.24. The minimum Gasteiger partial charge on any atom is -0.480 e. The maximum Gasteiger partial charge on any atom is 0.434 e. The molecule has 42 heavy (non-hydrogen) atoms. The molecule has 1 aliphatic heterocycles. The number of fused-ring (bicyclic) bond motifs is 1. The second-order valence-electron chi connectivity index (χ2n) is 10.7. The van der Waals surface area contributed by atoms with E-state index in [-0.39, 0.29) is 35.5 Å². The van der Waals surface area contributed by atoms with E-state index in [0.29, 0.717) is 22.6 Å². The van der Waals surface area contributed by atoms with Crippen molar-refractivity contribution in [2.75, 3.05) is 12.0 Å². The summed E-state index contributed by atoms with van der Waals surface area (Å²) in [5, 5.41) is 0. The number of aryl methyl sites for hydroxylation is 1. The molecule has 2 aliphatic rings. The second kappa shape index (κ2) is 9.74. The molecule has 1 saturated carbocycles. The minimum atomic E-state index is -4.67. The quantitative estimate of drug-likeness (QED) is 0.263. The van der Waals surface area contributed by atoms with Crippen molar-refractivity contribution in [2.24, 2.45) is 7.05 Å². The molecule has 0 unspecified atom stereocenters. The molecule has 4 heterocycles. The first-order chi connectivity index (χ1) is 19.9. The fourth-order valence-electron chi connectivity index (χ4n) is 4.97. The zero-order chi connectivity index (χ0) is 30.0. The largest absolute Gasteiger partial charge is 0.480 e. The van der Waals surface area contributed by atoms with E-state index in [0.717, 1.165) is 35.4 Å². The predicted octanol–water partition coefficient (Wildman–Crippen LogP) is 5.77. The molecule has 0 N–H and O–H groups in total. The van der Waals surface area contributed by atoms with Gasteiger partial charge in [-0.15, -0.1) is 0 Å². The average molecular weight is 584 g/mol. The van der Waals surface area contributed by atoms with Gasteiger partial charge in [0, 0.05) is 25.4 Å². The van der Waals surface area contributed by atoms with E-state index in [2.05, 4.69) is 19.9 Å². The summed E-state index contributed by atoms with van der Waals surface area (Å²) in [6.45, 7) is 3.28. The van der Waals surface area contributed by atoms with Gasteiger partial charge < -0.3 is 14.0 Å². The highest BCUT2D eigenvalue weighted by molar-refractivity contribution is 5.90. The number of carbonyl (C=O) groups excluding carboxylic acids is 1. The van der Waals surface area contributed by atoms with Gasteiger partial charge >= 0.3 is 12.3 Å². The highest BCUT2D eigenvalue weighted by Crippen LogP contribution is 2.46. The van der Waals surface area contributed by atoms with Crippen LogP contribution in [0.1, 0.15) is 55.1 Å². The summed E-state index contributed by atoms with van der Waals surface area (Å²) in [5.41, 5.74) is -0.130. The zero-order valence-electron chi connectivity index (χ0n) is 23.0. The summed E-state index contributed by atoms with van der Waals surface area (Å²) in [6.07, 6.45) is 0.334. The van der Waals surface area contributed by atoms with Gasteiger partial charge in [-0.1, -0.05) is 6.07 Å². The maximum absolute atomic E-state index is 15.3. The molecule has 1 amide bonds. The number of anilines is 1. The monoisotopic (exact) mass is 583 g/mol. The lowest BCUT2D eigenvalue weighted by Crippen LogP contribution is -2.43. The van der Waals surface area contributed by atoms with Crippen molar-refractivity contribution in [2.45, 2.75) is 50.9 Å². The maximum atomic E-state index is 15.3. The highest BCUT2D eigenvalue weighted by atomic mass is 19.4. The molecule has 1 aromatic carbocycles. The van der Waals surface area contributed by atoms with Gasteiger partial charge in [0.25, 0.3) is 0 Å². The predicted molar refractivity (Wildman–Crippen MR) is 141 cm³/mol. The number of benzene rings is 1. The van der Waals surface area contributed by atoms with Crippen LogP contribution in [-0.2, 0) is 30.1 Å². The van der Waals surface area contributed by atoms with Crippen molar-refractivity contribution in [1.82, 2.24) is 29.5 Å². The van der Waals surface area contributed by atoms with Crippen LogP contribution in [0.15, 0.2) is 36.9 Å². The molecule has 1 aliphatic carbocycles. The molecule has 0 saturated heterocycles. The molecule has 3 aromatic heterocycles. The standard InChI is InChI=1S/C28H25F4N7O3/c1-27(2)17-10-33-22(20-21(15-6-7-15)34-13-35-25(20)41-4)37-24(17)39(26(40)42-27)11-14-5-8-16(18(29)9-14)23-36-19(12-38(23)3)28(30,31)32/h5,8-10,12-13,15H,6-7,11H2,1-4H3. The Balaban J connectivity index is 1.38. The molecule has 218 valence electrons. The smallest absolute Gasteiger partial charge is 0.434 e. The van der Waals surface area contributed by atoms with Gasteiger partial charge in [-0.3, -0.25) is 4.90 Å². The number of halogens is 4. The molecular formula is C28H25F4N7O3. The number of ether oxygens (including phenoxy) is 2. The molecule has 0 radical (unpaired) electrons. The Hall–Kier alpha value is -4.62. The lowest BCUT2D eigenvalue weighted by atomic mass is 9.97. The summed E-state index contributed by atoms with van der Waals surface area (Å²) in [7, 11) is 2.84. The van der Waals surface area contributed by atoms with Gasteiger partial charge in [-0.25, -0.2) is 34.1 Å². The van der Waals surface area contributed by atoms with Crippen LogP contribution < -0.4 is 9.64 Å². The third-order valence-electron chi connectivity index (χ3n) is 7.24. The number of rotatable bonds is 6. The van der Waals surface area contributed by atoms with Crippen LogP contribution in [0, 0.1) is 5.82 Å². The van der Waals surface area contributed by atoms with Crippen molar-refractivity contribution in [3.63, 3.8) is 0 Å². The van der Waals surface area contributed by atoms with Crippen LogP contribution in [0.3, 0.4) is 0 Å². The Kier molecular flexibility index (Phi) is 6.39. The number of cyclic esters (lactones) is 1. The molecule has 6 rings (SSSR count). The number of methoxy groups -OCH3 is 1. The Morgan fingerprint density at radius 3 is 2.55 bits per heavy atom. The van der Waals surface area contributed by atoms with Crippen LogP contribution in [0.2, 0.25) is 0 Å². The summed E-state index contributed by atoms with van der Waals surface area (Å²) in [6, 6.07) is 3.98. The summed E-state index contributed by atoms with van der Waals surface area (Å²) in [5.74, 6) is 0.0685. The molecule has 0 atom stereocenters. The normalized spacial score (nSPS) is 16.3. The van der Waals surface area contributed by atoms with E-state index in [4.69, 9.17) is 14.5 Å². The zero-order valence-corrected chi connectivity index (χ0v) is 23.0. The van der Waals surface area contributed by atoms with Crippen LogP contribution in [0.25, 0.3) is 22.8 Å². The summed E-state index contributed by atoms with van der Waals surface area (Å²) < 4.78 is 66.9. The number of amides is 1. The number of imidazole rings is 1. The van der Waals surface area contributed by atoms with Crippen LogP contribution in [0.4, 0.5) is 28.2 Å². The second-order valence-corrected chi connectivity index (χ2v) is 10.7. The Morgan fingerprint density at radius 1 is 1.14 bits per heavy atom. The lowest BCUT2D eigenvalue weighted by molar-refractivity contribution is -0.140. The Bertz CT molecular complexity index is 1720. The number of carbonyl (C=O) groups is 1. The third kappa shape index (κ3) is 4.80. The van der Waals surface area contributed by atoms with Crippen molar-refractivity contribution >= 4 is 11.9 Å².